The number of benzene rings is 1. The number of hydrogen-bond donors (Lipinski definition) is 2. The molecule has 0 aromatic heterocycles. The van der Waals surface area contributed by atoms with Crippen LogP contribution in [0, 0.1) is 38.9 Å². The van der Waals surface area contributed by atoms with Gasteiger partial charge in [-0.2, -0.15) is 5.26 Å². The molecule has 8 heteroatoms. The van der Waals surface area contributed by atoms with Crippen molar-refractivity contribution in [2.24, 2.45) is 27.6 Å². The Balaban J connectivity index is 1.21. The maximum Gasteiger partial charge on any atom is 0.228 e. The van der Waals surface area contributed by atoms with Gasteiger partial charge in [-0.15, -0.1) is 0 Å². The Labute approximate surface area is 237 Å². The second-order valence-electron chi connectivity index (χ2n) is 13.8. The molecule has 1 saturated heterocycles. The SMILES string of the molecule is CC1(C)[C@H](NC(=O)C23CCC(C(=O)N4CCC(CO)CC4)(CC2)CC3)C(C)(C)[C@H]1Oc1ccc(C#N)c(Cl)c1. The van der Waals surface area contributed by atoms with E-state index < -0.39 is 5.41 Å². The van der Waals surface area contributed by atoms with Crippen LogP contribution >= 0.6 is 11.6 Å². The predicted molar refractivity (Wildman–Crippen MR) is 149 cm³/mol. The Morgan fingerprint density at radius 2 is 1.62 bits per heavy atom. The second-order valence-corrected chi connectivity index (χ2v) is 14.2. The molecule has 7 nitrogen and oxygen atoms in total. The first kappa shape index (κ1) is 28.2. The molecule has 4 saturated carbocycles. The summed E-state index contributed by atoms with van der Waals surface area (Å²) >= 11 is 6.23. The van der Waals surface area contributed by atoms with Crippen LogP contribution in [0.4, 0.5) is 0 Å². The molecule has 5 aliphatic rings. The highest BCUT2D eigenvalue weighted by Crippen LogP contribution is 2.60. The van der Waals surface area contributed by atoms with Crippen LogP contribution < -0.4 is 10.1 Å². The highest BCUT2D eigenvalue weighted by atomic mass is 35.5. The van der Waals surface area contributed by atoms with Crippen molar-refractivity contribution in [1.29, 1.82) is 5.26 Å². The maximum absolute atomic E-state index is 13.9. The van der Waals surface area contributed by atoms with E-state index in [1.807, 2.05) is 4.90 Å². The summed E-state index contributed by atoms with van der Waals surface area (Å²) in [4.78, 5) is 29.5. The van der Waals surface area contributed by atoms with E-state index in [1.165, 1.54) is 0 Å². The number of fused-ring (bicyclic) bond motifs is 3. The van der Waals surface area contributed by atoms with Crippen molar-refractivity contribution in [3.63, 3.8) is 0 Å². The lowest BCUT2D eigenvalue weighted by Gasteiger charge is -2.64. The minimum absolute atomic E-state index is 0.0613. The van der Waals surface area contributed by atoms with Gasteiger partial charge >= 0.3 is 0 Å². The summed E-state index contributed by atoms with van der Waals surface area (Å²) in [6.45, 7) is 10.2. The molecule has 212 valence electrons. The van der Waals surface area contributed by atoms with Gasteiger partial charge in [-0.1, -0.05) is 39.3 Å². The van der Waals surface area contributed by atoms with Crippen molar-refractivity contribution >= 4 is 23.4 Å². The topological polar surface area (TPSA) is 103 Å². The number of nitriles is 1. The summed E-state index contributed by atoms with van der Waals surface area (Å²) in [6, 6.07) is 7.14. The molecule has 0 spiro atoms. The highest BCUT2D eigenvalue weighted by Gasteiger charge is 2.65. The summed E-state index contributed by atoms with van der Waals surface area (Å²) in [6.07, 6.45) is 6.22. The first-order valence-electron chi connectivity index (χ1n) is 14.5. The standard InChI is InChI=1S/C31H42ClN3O4/c1-28(2)24(29(3,4)25(28)39-22-6-5-21(18-33)23(32)17-22)34-26(37)30-9-12-31(13-10-30,14-11-30)27(38)35-15-7-20(19-36)8-16-35/h5-6,17,20,24-25,36H,7-16,19H2,1-4H3,(H,34,37)/t24-,25-,30?,31?. The van der Waals surface area contributed by atoms with Crippen LogP contribution in [0.1, 0.15) is 84.6 Å². The number of halogens is 1. The fourth-order valence-corrected chi connectivity index (χ4v) is 8.59. The van der Waals surface area contributed by atoms with Crippen LogP contribution in [-0.4, -0.2) is 53.7 Å². The fourth-order valence-electron chi connectivity index (χ4n) is 8.38. The number of piperidine rings is 1. The molecular weight excluding hydrogens is 514 g/mol. The molecule has 2 bridgehead atoms. The highest BCUT2D eigenvalue weighted by molar-refractivity contribution is 6.31. The van der Waals surface area contributed by atoms with Crippen molar-refractivity contribution in [2.45, 2.75) is 91.2 Å². The normalized spacial score (nSPS) is 33.1. The number of aliphatic hydroxyl groups excluding tert-OH is 1. The zero-order valence-electron chi connectivity index (χ0n) is 23.7. The van der Waals surface area contributed by atoms with E-state index in [0.717, 1.165) is 64.5 Å². The van der Waals surface area contributed by atoms with Crippen LogP contribution in [0.15, 0.2) is 18.2 Å². The average Bonchev–Trinajstić information content (AvgIpc) is 2.94. The van der Waals surface area contributed by atoms with Crippen molar-refractivity contribution in [3.8, 4) is 11.8 Å². The summed E-state index contributed by atoms with van der Waals surface area (Å²) in [5.74, 6) is 1.33. The zero-order valence-corrected chi connectivity index (χ0v) is 24.4. The zero-order chi connectivity index (χ0) is 28.2. The molecular formula is C31H42ClN3O4. The Kier molecular flexibility index (Phi) is 7.21. The quantitative estimate of drug-likeness (QED) is 0.509. The van der Waals surface area contributed by atoms with E-state index in [9.17, 15) is 14.7 Å². The van der Waals surface area contributed by atoms with Crippen LogP contribution in [-0.2, 0) is 9.59 Å². The lowest BCUT2D eigenvalue weighted by molar-refractivity contribution is -0.181. The molecule has 2 N–H and O–H groups in total. The van der Waals surface area contributed by atoms with Gasteiger partial charge in [-0.3, -0.25) is 9.59 Å². The van der Waals surface area contributed by atoms with Gasteiger partial charge in [0.2, 0.25) is 11.8 Å². The molecule has 6 rings (SSSR count). The number of likely N-dealkylation sites (tertiary alicyclic amines) is 1. The van der Waals surface area contributed by atoms with Gasteiger partial charge in [0.15, 0.2) is 0 Å². The molecule has 4 aliphatic carbocycles. The minimum atomic E-state index is -0.398. The van der Waals surface area contributed by atoms with E-state index in [0.29, 0.717) is 22.3 Å². The number of hydrogen-bond acceptors (Lipinski definition) is 5. The smallest absolute Gasteiger partial charge is 0.228 e. The Hall–Kier alpha value is -2.30. The van der Waals surface area contributed by atoms with Crippen molar-refractivity contribution in [2.75, 3.05) is 19.7 Å². The molecule has 5 fully saturated rings. The minimum Gasteiger partial charge on any atom is -0.489 e. The van der Waals surface area contributed by atoms with Crippen molar-refractivity contribution < 1.29 is 19.4 Å². The van der Waals surface area contributed by atoms with Gasteiger partial charge in [0.1, 0.15) is 17.9 Å². The van der Waals surface area contributed by atoms with E-state index in [1.54, 1.807) is 18.2 Å². The number of aliphatic hydroxyl groups is 1. The van der Waals surface area contributed by atoms with Gasteiger partial charge in [0, 0.05) is 53.5 Å². The molecule has 1 heterocycles. The molecule has 0 atom stereocenters. The fraction of sp³-hybridized carbons (Fsp3) is 0.710. The molecule has 1 aromatic carbocycles. The van der Waals surface area contributed by atoms with Crippen LogP contribution in [0.5, 0.6) is 5.75 Å². The number of ether oxygens (including phenoxy) is 1. The monoisotopic (exact) mass is 555 g/mol. The van der Waals surface area contributed by atoms with Crippen molar-refractivity contribution in [3.05, 3.63) is 28.8 Å². The molecule has 39 heavy (non-hydrogen) atoms. The number of carbonyl (C=O) groups is 2. The number of amides is 2. The first-order valence-corrected chi connectivity index (χ1v) is 14.8. The number of carbonyl (C=O) groups excluding carboxylic acids is 2. The van der Waals surface area contributed by atoms with E-state index in [4.69, 9.17) is 21.6 Å². The first-order chi connectivity index (χ1) is 18.4. The third-order valence-electron chi connectivity index (χ3n) is 10.8. The summed E-state index contributed by atoms with van der Waals surface area (Å²) in [5.41, 5.74) is -0.910. The Bertz CT molecular complexity index is 1140. The number of rotatable bonds is 6. The third-order valence-corrected chi connectivity index (χ3v) is 11.1. The molecule has 1 aromatic rings. The summed E-state index contributed by atoms with van der Waals surface area (Å²) in [5, 5.41) is 22.4. The van der Waals surface area contributed by atoms with E-state index >= 15 is 0 Å². The predicted octanol–water partition coefficient (Wildman–Crippen LogP) is 5.08. The van der Waals surface area contributed by atoms with Crippen LogP contribution in [0.2, 0.25) is 5.02 Å². The number of nitrogens with zero attached hydrogens (tertiary/aromatic N) is 2. The van der Waals surface area contributed by atoms with Gasteiger partial charge in [-0.05, 0) is 69.4 Å². The van der Waals surface area contributed by atoms with Gasteiger partial charge in [0.25, 0.3) is 0 Å². The lowest BCUT2D eigenvalue weighted by atomic mass is 9.48. The van der Waals surface area contributed by atoms with E-state index in [2.05, 4.69) is 39.1 Å². The van der Waals surface area contributed by atoms with E-state index in [-0.39, 0.29) is 46.8 Å². The molecule has 1 aliphatic heterocycles. The summed E-state index contributed by atoms with van der Waals surface area (Å²) < 4.78 is 6.39. The maximum atomic E-state index is 13.9. The largest absolute Gasteiger partial charge is 0.489 e. The van der Waals surface area contributed by atoms with Gasteiger partial charge in [-0.25, -0.2) is 0 Å². The average molecular weight is 556 g/mol. The Morgan fingerprint density at radius 3 is 2.13 bits per heavy atom. The summed E-state index contributed by atoms with van der Waals surface area (Å²) in [7, 11) is 0. The molecule has 0 unspecified atom stereocenters. The molecule has 0 radical (unpaired) electrons. The Morgan fingerprint density at radius 1 is 1.05 bits per heavy atom. The number of nitrogens with one attached hydrogen (secondary N) is 1. The van der Waals surface area contributed by atoms with Gasteiger partial charge < -0.3 is 20.1 Å². The van der Waals surface area contributed by atoms with Gasteiger partial charge in [0.05, 0.1) is 10.6 Å². The van der Waals surface area contributed by atoms with Crippen molar-refractivity contribution in [1.82, 2.24) is 10.2 Å². The molecule has 2 amide bonds. The van der Waals surface area contributed by atoms with Crippen LogP contribution in [0.25, 0.3) is 0 Å². The third kappa shape index (κ3) is 4.62. The van der Waals surface area contributed by atoms with Crippen LogP contribution in [0.3, 0.4) is 0 Å². The second kappa shape index (κ2) is 9.96. The lowest BCUT2D eigenvalue weighted by Crippen LogP contribution is -2.75.